The maximum absolute atomic E-state index is 12.8. The zero-order valence-corrected chi connectivity index (χ0v) is 21.5. The van der Waals surface area contributed by atoms with Gasteiger partial charge in [-0.05, 0) is 56.5 Å². The van der Waals surface area contributed by atoms with Gasteiger partial charge in [0.2, 0.25) is 5.91 Å². The third kappa shape index (κ3) is 6.46. The van der Waals surface area contributed by atoms with E-state index >= 15 is 0 Å². The number of esters is 1. The Balaban J connectivity index is 1.73. The minimum Gasteiger partial charge on any atom is -0.459 e. The first-order chi connectivity index (χ1) is 16.3. The molecule has 6 nitrogen and oxygen atoms in total. The summed E-state index contributed by atoms with van der Waals surface area (Å²) in [5.74, 6) is -0.291. The van der Waals surface area contributed by atoms with Crippen molar-refractivity contribution in [1.82, 2.24) is 0 Å². The Hall–Kier alpha value is -2.22. The topological polar surface area (TPSA) is 76.1 Å². The van der Waals surface area contributed by atoms with E-state index in [0.717, 1.165) is 35.4 Å². The maximum Gasteiger partial charge on any atom is 0.348 e. The molecule has 1 aromatic heterocycles. The standard InChI is InChI=1S/C27H37NO5S/c1-5-6-7-8-9-22(29)19-10-12-20(13-11-19)28-21(14-17-25(28)30)26(32-4)23-15-16-24(34-23)27(31)33-18(2)3/h10-13,15-16,18,21-22,26,29H,5-9,14,17H2,1-4H3. The lowest BCUT2D eigenvalue weighted by Gasteiger charge is -2.30. The van der Waals surface area contributed by atoms with Gasteiger partial charge in [0.05, 0.1) is 18.2 Å². The number of benzene rings is 1. The largest absolute Gasteiger partial charge is 0.459 e. The van der Waals surface area contributed by atoms with Crippen LogP contribution in [-0.2, 0) is 14.3 Å². The molecule has 1 aliphatic rings. The third-order valence-electron chi connectivity index (χ3n) is 6.20. The summed E-state index contributed by atoms with van der Waals surface area (Å²) in [6, 6.07) is 11.1. The molecule has 34 heavy (non-hydrogen) atoms. The van der Waals surface area contributed by atoms with E-state index in [-0.39, 0.29) is 30.1 Å². The lowest BCUT2D eigenvalue weighted by atomic mass is 10.0. The van der Waals surface area contributed by atoms with Crippen LogP contribution < -0.4 is 4.90 Å². The number of anilines is 1. The summed E-state index contributed by atoms with van der Waals surface area (Å²) in [4.78, 5) is 28.4. The Morgan fingerprint density at radius 2 is 1.88 bits per heavy atom. The first kappa shape index (κ1) is 26.4. The number of methoxy groups -OCH3 is 1. The minimum atomic E-state index is -0.488. The van der Waals surface area contributed by atoms with E-state index in [2.05, 4.69) is 6.92 Å². The molecule has 186 valence electrons. The monoisotopic (exact) mass is 487 g/mol. The van der Waals surface area contributed by atoms with Crippen molar-refractivity contribution in [2.45, 2.75) is 90.1 Å². The molecular formula is C27H37NO5S. The molecule has 2 heterocycles. The van der Waals surface area contributed by atoms with E-state index in [1.165, 1.54) is 24.2 Å². The molecule has 2 aromatic rings. The molecular weight excluding hydrogens is 450 g/mol. The molecule has 0 aliphatic carbocycles. The number of amides is 1. The van der Waals surface area contributed by atoms with Crippen LogP contribution in [0.15, 0.2) is 36.4 Å². The maximum atomic E-state index is 12.8. The summed E-state index contributed by atoms with van der Waals surface area (Å²) in [6.45, 7) is 5.82. The van der Waals surface area contributed by atoms with Gasteiger partial charge in [-0.1, -0.05) is 44.7 Å². The van der Waals surface area contributed by atoms with Gasteiger partial charge in [0, 0.05) is 24.1 Å². The van der Waals surface area contributed by atoms with Crippen LogP contribution in [0.3, 0.4) is 0 Å². The number of hydrogen-bond donors (Lipinski definition) is 1. The highest BCUT2D eigenvalue weighted by atomic mass is 32.1. The Labute approximate surface area is 206 Å². The Bertz CT molecular complexity index is 939. The van der Waals surface area contributed by atoms with Gasteiger partial charge in [0.15, 0.2) is 0 Å². The first-order valence-electron chi connectivity index (χ1n) is 12.3. The lowest BCUT2D eigenvalue weighted by Crippen LogP contribution is -2.37. The van der Waals surface area contributed by atoms with Crippen molar-refractivity contribution in [1.29, 1.82) is 0 Å². The zero-order chi connectivity index (χ0) is 24.7. The fraction of sp³-hybridized carbons (Fsp3) is 0.556. The van der Waals surface area contributed by atoms with Gasteiger partial charge >= 0.3 is 5.97 Å². The zero-order valence-electron chi connectivity index (χ0n) is 20.7. The molecule has 1 aliphatic heterocycles. The molecule has 1 aromatic carbocycles. The van der Waals surface area contributed by atoms with Gasteiger partial charge in [-0.15, -0.1) is 11.3 Å². The van der Waals surface area contributed by atoms with Gasteiger partial charge in [-0.3, -0.25) is 4.79 Å². The third-order valence-corrected chi connectivity index (χ3v) is 7.32. The summed E-state index contributed by atoms with van der Waals surface area (Å²) in [7, 11) is 1.63. The first-order valence-corrected chi connectivity index (χ1v) is 13.1. The molecule has 7 heteroatoms. The summed E-state index contributed by atoms with van der Waals surface area (Å²) >= 11 is 1.35. The van der Waals surface area contributed by atoms with Crippen molar-refractivity contribution in [2.75, 3.05) is 12.0 Å². The van der Waals surface area contributed by atoms with Gasteiger partial charge in [-0.2, -0.15) is 0 Å². The van der Waals surface area contributed by atoms with Crippen LogP contribution in [0.4, 0.5) is 5.69 Å². The van der Waals surface area contributed by atoms with E-state index in [1.54, 1.807) is 18.1 Å². The smallest absolute Gasteiger partial charge is 0.348 e. The average molecular weight is 488 g/mol. The van der Waals surface area contributed by atoms with E-state index in [1.807, 2.05) is 44.2 Å². The van der Waals surface area contributed by atoms with Crippen LogP contribution in [-0.4, -0.2) is 36.2 Å². The number of aliphatic hydroxyl groups excluding tert-OH is 1. The highest BCUT2D eigenvalue weighted by Crippen LogP contribution is 2.39. The average Bonchev–Trinajstić information content (AvgIpc) is 3.45. The van der Waals surface area contributed by atoms with Crippen LogP contribution in [0.5, 0.6) is 0 Å². The summed E-state index contributed by atoms with van der Waals surface area (Å²) in [6.07, 6.45) is 5.35. The van der Waals surface area contributed by atoms with E-state index < -0.39 is 6.10 Å². The second kappa shape index (κ2) is 12.5. The predicted octanol–water partition coefficient (Wildman–Crippen LogP) is 6.20. The molecule has 3 rings (SSSR count). The van der Waals surface area contributed by atoms with Crippen molar-refractivity contribution < 1.29 is 24.2 Å². The van der Waals surface area contributed by atoms with E-state index in [0.29, 0.717) is 17.7 Å². The Morgan fingerprint density at radius 3 is 2.53 bits per heavy atom. The Morgan fingerprint density at radius 1 is 1.15 bits per heavy atom. The van der Waals surface area contributed by atoms with Crippen LogP contribution in [0.25, 0.3) is 0 Å². The quantitative estimate of drug-likeness (QED) is 0.285. The molecule has 0 bridgehead atoms. The fourth-order valence-electron chi connectivity index (χ4n) is 4.47. The summed E-state index contributed by atoms with van der Waals surface area (Å²) in [5, 5.41) is 10.5. The highest BCUT2D eigenvalue weighted by Gasteiger charge is 2.39. The second-order valence-electron chi connectivity index (χ2n) is 9.14. The van der Waals surface area contributed by atoms with Gasteiger partial charge in [-0.25, -0.2) is 4.79 Å². The minimum absolute atomic E-state index is 0.0518. The van der Waals surface area contributed by atoms with E-state index in [9.17, 15) is 14.7 Å². The van der Waals surface area contributed by atoms with Gasteiger partial charge < -0.3 is 19.5 Å². The van der Waals surface area contributed by atoms with Crippen molar-refractivity contribution in [3.63, 3.8) is 0 Å². The lowest BCUT2D eigenvalue weighted by molar-refractivity contribution is -0.117. The van der Waals surface area contributed by atoms with Crippen molar-refractivity contribution in [3.05, 3.63) is 51.7 Å². The molecule has 1 N–H and O–H groups in total. The summed E-state index contributed by atoms with van der Waals surface area (Å²) < 4.78 is 11.2. The molecule has 3 atom stereocenters. The molecule has 1 amide bonds. The number of aliphatic hydroxyl groups is 1. The van der Waals surface area contributed by atoms with Gasteiger partial charge in [0.25, 0.3) is 0 Å². The van der Waals surface area contributed by atoms with Crippen LogP contribution in [0.2, 0.25) is 0 Å². The molecule has 0 radical (unpaired) electrons. The van der Waals surface area contributed by atoms with Crippen molar-refractivity contribution >= 4 is 28.9 Å². The van der Waals surface area contributed by atoms with Crippen molar-refractivity contribution in [2.24, 2.45) is 0 Å². The number of hydrogen-bond acceptors (Lipinski definition) is 6. The number of unbranched alkanes of at least 4 members (excludes halogenated alkanes) is 3. The number of nitrogens with zero attached hydrogens (tertiary/aromatic N) is 1. The number of carbonyl (C=O) groups is 2. The van der Waals surface area contributed by atoms with Crippen molar-refractivity contribution in [3.8, 4) is 0 Å². The molecule has 0 saturated carbocycles. The molecule has 0 spiro atoms. The summed E-state index contributed by atoms with van der Waals surface area (Å²) in [5.41, 5.74) is 1.67. The second-order valence-corrected chi connectivity index (χ2v) is 10.3. The van der Waals surface area contributed by atoms with Crippen LogP contribution in [0.1, 0.15) is 98.0 Å². The predicted molar refractivity (Wildman–Crippen MR) is 135 cm³/mol. The number of carbonyl (C=O) groups excluding carboxylic acids is 2. The number of thiophene rings is 1. The normalized spacial score (nSPS) is 17.9. The number of rotatable bonds is 12. The van der Waals surface area contributed by atoms with E-state index in [4.69, 9.17) is 9.47 Å². The molecule has 3 unspecified atom stereocenters. The Kier molecular flexibility index (Phi) is 9.68. The van der Waals surface area contributed by atoms with Crippen LogP contribution >= 0.6 is 11.3 Å². The fourth-order valence-corrected chi connectivity index (χ4v) is 5.49. The SMILES string of the molecule is CCCCCCC(O)c1ccc(N2C(=O)CCC2C(OC)c2ccc(C(=O)OC(C)C)s2)cc1. The van der Waals surface area contributed by atoms with Crippen LogP contribution in [0, 0.1) is 0 Å². The highest BCUT2D eigenvalue weighted by molar-refractivity contribution is 7.14. The molecule has 1 saturated heterocycles. The molecule has 1 fully saturated rings. The van der Waals surface area contributed by atoms with Gasteiger partial charge in [0.1, 0.15) is 11.0 Å². The number of ether oxygens (including phenoxy) is 2.